The summed E-state index contributed by atoms with van der Waals surface area (Å²) in [6, 6.07) is 4.02. The summed E-state index contributed by atoms with van der Waals surface area (Å²) in [4.78, 5) is 6.94. The topological polar surface area (TPSA) is 79.5 Å². The number of aromatic nitrogens is 2. The number of sulfonamides is 1. The Morgan fingerprint density at radius 2 is 1.66 bits per heavy atom. The predicted molar refractivity (Wildman–Crippen MR) is 112 cm³/mol. The van der Waals surface area contributed by atoms with E-state index in [2.05, 4.69) is 35.8 Å². The number of benzene rings is 1. The van der Waals surface area contributed by atoms with Crippen molar-refractivity contribution in [1.29, 1.82) is 0 Å². The third-order valence-corrected chi connectivity index (χ3v) is 7.65. The molecule has 160 valence electrons. The van der Waals surface area contributed by atoms with Gasteiger partial charge in [0.15, 0.2) is 5.82 Å². The van der Waals surface area contributed by atoms with E-state index in [0.29, 0.717) is 49.3 Å². The van der Waals surface area contributed by atoms with Crippen molar-refractivity contribution in [3.8, 4) is 0 Å². The summed E-state index contributed by atoms with van der Waals surface area (Å²) in [7, 11) is -3.53. The van der Waals surface area contributed by atoms with E-state index in [-0.39, 0.29) is 5.41 Å². The molecule has 0 bridgehead atoms. The molecule has 0 spiro atoms. The zero-order valence-corrected chi connectivity index (χ0v) is 19.1. The van der Waals surface area contributed by atoms with E-state index in [1.807, 2.05) is 32.9 Å². The van der Waals surface area contributed by atoms with Crippen LogP contribution in [-0.4, -0.2) is 53.9 Å². The number of hydrogen-bond donors (Lipinski definition) is 0. The van der Waals surface area contributed by atoms with Gasteiger partial charge in [-0.05, 0) is 36.0 Å². The van der Waals surface area contributed by atoms with Gasteiger partial charge in [-0.2, -0.15) is 9.29 Å². The van der Waals surface area contributed by atoms with Crippen LogP contribution in [0.5, 0.6) is 0 Å². The van der Waals surface area contributed by atoms with Crippen molar-refractivity contribution in [2.75, 3.05) is 26.2 Å². The Morgan fingerprint density at radius 1 is 1.07 bits per heavy atom. The number of nitrogens with zero attached hydrogens (tertiary/aromatic N) is 4. The molecule has 3 rings (SSSR count). The second-order valence-electron chi connectivity index (χ2n) is 8.83. The molecule has 7 nitrogen and oxygen atoms in total. The van der Waals surface area contributed by atoms with Crippen LogP contribution in [0.15, 0.2) is 21.6 Å². The van der Waals surface area contributed by atoms with Crippen molar-refractivity contribution in [2.45, 2.75) is 64.8 Å². The molecule has 1 aliphatic heterocycles. The van der Waals surface area contributed by atoms with Crippen LogP contribution >= 0.6 is 0 Å². The fourth-order valence-electron chi connectivity index (χ4n) is 3.74. The highest BCUT2D eigenvalue weighted by molar-refractivity contribution is 7.89. The van der Waals surface area contributed by atoms with Crippen LogP contribution in [0.2, 0.25) is 0 Å². The van der Waals surface area contributed by atoms with Gasteiger partial charge in [0.05, 0.1) is 11.4 Å². The Hall–Kier alpha value is -1.77. The molecule has 0 radical (unpaired) electrons. The Balaban J connectivity index is 1.73. The standard InChI is InChI=1S/C21H32N4O3S/c1-7-18-22-19(28-23-18)14-24-8-10-25(11-9-24)29(26,27)20-15(2)12-17(13-16(20)3)21(4,5)6/h12-13H,7-11,14H2,1-6H3. The van der Waals surface area contributed by atoms with E-state index >= 15 is 0 Å². The van der Waals surface area contributed by atoms with Crippen molar-refractivity contribution < 1.29 is 12.9 Å². The van der Waals surface area contributed by atoms with E-state index in [0.717, 1.165) is 23.1 Å². The number of piperazine rings is 1. The van der Waals surface area contributed by atoms with Crippen LogP contribution in [0.25, 0.3) is 0 Å². The van der Waals surface area contributed by atoms with E-state index in [9.17, 15) is 8.42 Å². The van der Waals surface area contributed by atoms with E-state index in [1.54, 1.807) is 4.31 Å². The van der Waals surface area contributed by atoms with Crippen molar-refractivity contribution in [1.82, 2.24) is 19.3 Å². The summed E-state index contributed by atoms with van der Waals surface area (Å²) in [5.41, 5.74) is 2.77. The minimum atomic E-state index is -3.53. The summed E-state index contributed by atoms with van der Waals surface area (Å²) >= 11 is 0. The highest BCUT2D eigenvalue weighted by Gasteiger charge is 2.32. The van der Waals surface area contributed by atoms with Gasteiger partial charge >= 0.3 is 0 Å². The van der Waals surface area contributed by atoms with Crippen molar-refractivity contribution in [3.63, 3.8) is 0 Å². The van der Waals surface area contributed by atoms with Gasteiger partial charge in [-0.1, -0.05) is 45.0 Å². The molecule has 0 unspecified atom stereocenters. The van der Waals surface area contributed by atoms with Crippen LogP contribution in [0.1, 0.15) is 56.1 Å². The molecular weight excluding hydrogens is 388 g/mol. The normalized spacial score (nSPS) is 17.0. The third kappa shape index (κ3) is 4.70. The van der Waals surface area contributed by atoms with E-state index < -0.39 is 10.0 Å². The van der Waals surface area contributed by atoms with Crippen LogP contribution < -0.4 is 0 Å². The zero-order chi connectivity index (χ0) is 21.4. The Labute approximate surface area is 174 Å². The minimum absolute atomic E-state index is 0.0180. The monoisotopic (exact) mass is 420 g/mol. The van der Waals surface area contributed by atoms with Gasteiger partial charge in [0.2, 0.25) is 15.9 Å². The van der Waals surface area contributed by atoms with Gasteiger partial charge in [0.25, 0.3) is 0 Å². The van der Waals surface area contributed by atoms with Crippen molar-refractivity contribution in [3.05, 3.63) is 40.5 Å². The smallest absolute Gasteiger partial charge is 0.243 e. The molecule has 0 atom stereocenters. The maximum atomic E-state index is 13.4. The summed E-state index contributed by atoms with van der Waals surface area (Å²) in [6.07, 6.45) is 0.738. The van der Waals surface area contributed by atoms with Crippen LogP contribution in [-0.2, 0) is 28.4 Å². The third-order valence-electron chi connectivity index (χ3n) is 5.44. The average molecular weight is 421 g/mol. The molecule has 0 saturated carbocycles. The molecule has 2 aromatic rings. The molecule has 8 heteroatoms. The fourth-order valence-corrected chi connectivity index (χ4v) is 5.57. The summed E-state index contributed by atoms with van der Waals surface area (Å²) in [6.45, 7) is 14.9. The molecular formula is C21H32N4O3S. The van der Waals surface area contributed by atoms with Crippen LogP contribution in [0.4, 0.5) is 0 Å². The lowest BCUT2D eigenvalue weighted by Crippen LogP contribution is -2.48. The first-order valence-corrected chi connectivity index (χ1v) is 11.6. The second-order valence-corrected chi connectivity index (χ2v) is 10.7. The van der Waals surface area contributed by atoms with Gasteiger partial charge in [-0.25, -0.2) is 8.42 Å². The van der Waals surface area contributed by atoms with Gasteiger partial charge in [-0.15, -0.1) is 0 Å². The Kier molecular flexibility index (Phi) is 6.17. The molecule has 0 N–H and O–H groups in total. The molecule has 1 aromatic carbocycles. The van der Waals surface area contributed by atoms with Gasteiger partial charge < -0.3 is 4.52 Å². The van der Waals surface area contributed by atoms with E-state index in [4.69, 9.17) is 4.52 Å². The number of aryl methyl sites for hydroxylation is 3. The van der Waals surface area contributed by atoms with Crippen molar-refractivity contribution in [2.24, 2.45) is 0 Å². The molecule has 1 aliphatic rings. The second kappa shape index (κ2) is 8.16. The first-order chi connectivity index (χ1) is 13.5. The quantitative estimate of drug-likeness (QED) is 0.740. The fraction of sp³-hybridized carbons (Fsp3) is 0.619. The lowest BCUT2D eigenvalue weighted by molar-refractivity contribution is 0.163. The van der Waals surface area contributed by atoms with Gasteiger partial charge in [0.1, 0.15) is 0 Å². The Morgan fingerprint density at radius 3 is 2.14 bits per heavy atom. The first-order valence-electron chi connectivity index (χ1n) is 10.2. The molecule has 1 saturated heterocycles. The molecule has 0 amide bonds. The first kappa shape index (κ1) is 21.9. The highest BCUT2D eigenvalue weighted by Crippen LogP contribution is 2.31. The minimum Gasteiger partial charge on any atom is -0.338 e. The summed E-state index contributed by atoms with van der Waals surface area (Å²) < 4.78 is 33.6. The summed E-state index contributed by atoms with van der Waals surface area (Å²) in [5.74, 6) is 1.29. The SMILES string of the molecule is CCc1noc(CN2CCN(S(=O)(=O)c3c(C)cc(C(C)(C)C)cc3C)CC2)n1. The average Bonchev–Trinajstić information content (AvgIpc) is 3.08. The largest absolute Gasteiger partial charge is 0.338 e. The molecule has 29 heavy (non-hydrogen) atoms. The highest BCUT2D eigenvalue weighted by atomic mass is 32.2. The van der Waals surface area contributed by atoms with Gasteiger partial charge in [-0.3, -0.25) is 4.90 Å². The zero-order valence-electron chi connectivity index (χ0n) is 18.3. The maximum Gasteiger partial charge on any atom is 0.243 e. The number of hydrogen-bond acceptors (Lipinski definition) is 6. The van der Waals surface area contributed by atoms with Crippen LogP contribution in [0, 0.1) is 13.8 Å². The molecule has 1 aromatic heterocycles. The molecule has 0 aliphatic carbocycles. The molecule has 1 fully saturated rings. The van der Waals surface area contributed by atoms with Crippen molar-refractivity contribution >= 4 is 10.0 Å². The lowest BCUT2D eigenvalue weighted by atomic mass is 9.85. The molecule has 2 heterocycles. The lowest BCUT2D eigenvalue weighted by Gasteiger charge is -2.34. The van der Waals surface area contributed by atoms with Crippen LogP contribution in [0.3, 0.4) is 0 Å². The Bertz CT molecular complexity index is 945. The maximum absolute atomic E-state index is 13.4. The van der Waals surface area contributed by atoms with E-state index in [1.165, 1.54) is 0 Å². The number of rotatable bonds is 5. The van der Waals surface area contributed by atoms with Gasteiger partial charge in [0, 0.05) is 32.6 Å². The predicted octanol–water partition coefficient (Wildman–Crippen LogP) is 3.05. The summed E-state index contributed by atoms with van der Waals surface area (Å²) in [5, 5.41) is 3.92.